The number of hydrogen-bond donors (Lipinski definition) is 2. The van der Waals surface area contributed by atoms with E-state index < -0.39 is 6.10 Å². The van der Waals surface area contributed by atoms with Crippen LogP contribution in [0.15, 0.2) is 24.8 Å². The van der Waals surface area contributed by atoms with Gasteiger partial charge in [-0.1, -0.05) is 31.6 Å². The molecule has 0 aromatic heterocycles. The molecule has 2 rings (SSSR count). The molecule has 112 valence electrons. The van der Waals surface area contributed by atoms with E-state index in [9.17, 15) is 15.0 Å². The summed E-state index contributed by atoms with van der Waals surface area (Å²) >= 11 is 0. The van der Waals surface area contributed by atoms with Crippen LogP contribution in [0, 0.1) is 17.3 Å². The second-order valence-electron chi connectivity index (χ2n) is 6.49. The first-order chi connectivity index (χ1) is 9.50. The minimum absolute atomic E-state index is 0.0157. The van der Waals surface area contributed by atoms with E-state index in [2.05, 4.69) is 6.58 Å². The largest absolute Gasteiger partial charge is 0.392 e. The maximum atomic E-state index is 11.5. The number of Topliss-reactive ketones (excluding diaryl/α,β-unsaturated/α-hetero) is 1. The molecule has 0 amide bonds. The summed E-state index contributed by atoms with van der Waals surface area (Å²) in [5, 5.41) is 20.2. The highest BCUT2D eigenvalue weighted by Crippen LogP contribution is 2.48. The van der Waals surface area contributed by atoms with Crippen molar-refractivity contribution in [1.82, 2.24) is 0 Å². The molecule has 0 aliphatic heterocycles. The van der Waals surface area contributed by atoms with Crippen molar-refractivity contribution in [2.45, 2.75) is 57.7 Å². The predicted molar refractivity (Wildman–Crippen MR) is 79.1 cm³/mol. The fourth-order valence-corrected chi connectivity index (χ4v) is 3.58. The highest BCUT2D eigenvalue weighted by molar-refractivity contribution is 5.84. The molecule has 0 spiro atoms. The molecule has 0 radical (unpaired) electrons. The fourth-order valence-electron chi connectivity index (χ4n) is 3.58. The number of carbonyl (C=O) groups is 1. The third-order valence-electron chi connectivity index (χ3n) is 5.26. The van der Waals surface area contributed by atoms with E-state index in [-0.39, 0.29) is 35.6 Å². The van der Waals surface area contributed by atoms with Gasteiger partial charge in [0.1, 0.15) is 5.78 Å². The van der Waals surface area contributed by atoms with Crippen LogP contribution in [0.3, 0.4) is 0 Å². The molecule has 0 bridgehead atoms. The van der Waals surface area contributed by atoms with Gasteiger partial charge in [0.05, 0.1) is 12.2 Å². The van der Waals surface area contributed by atoms with Crippen molar-refractivity contribution < 1.29 is 15.0 Å². The maximum Gasteiger partial charge on any atom is 0.138 e. The van der Waals surface area contributed by atoms with Gasteiger partial charge in [0, 0.05) is 23.7 Å². The van der Waals surface area contributed by atoms with Gasteiger partial charge in [0.2, 0.25) is 0 Å². The molecule has 2 fully saturated rings. The number of aliphatic hydroxyl groups excluding tert-OH is 2. The molecule has 3 heteroatoms. The van der Waals surface area contributed by atoms with Crippen molar-refractivity contribution in [2.24, 2.45) is 17.3 Å². The molecule has 2 aliphatic rings. The first kappa shape index (κ1) is 15.5. The van der Waals surface area contributed by atoms with Crippen LogP contribution in [-0.4, -0.2) is 28.2 Å². The SMILES string of the molecule is C=CCC1(C(O)CC=C[C@H]2[C@H](O)CC(=O)[C@@H]2C)CCC1. The lowest BCUT2D eigenvalue weighted by molar-refractivity contribution is -0.120. The Labute approximate surface area is 121 Å². The Morgan fingerprint density at radius 2 is 2.20 bits per heavy atom. The van der Waals surface area contributed by atoms with Crippen molar-refractivity contribution in [3.8, 4) is 0 Å². The zero-order valence-electron chi connectivity index (χ0n) is 12.3. The highest BCUT2D eigenvalue weighted by atomic mass is 16.3. The summed E-state index contributed by atoms with van der Waals surface area (Å²) in [6.45, 7) is 5.65. The lowest BCUT2D eigenvalue weighted by atomic mass is 9.62. The minimum Gasteiger partial charge on any atom is -0.392 e. The molecule has 4 atom stereocenters. The topological polar surface area (TPSA) is 57.5 Å². The van der Waals surface area contributed by atoms with Crippen LogP contribution in [-0.2, 0) is 4.79 Å². The molecule has 0 aromatic carbocycles. The lowest BCUT2D eigenvalue weighted by Gasteiger charge is -2.45. The summed E-state index contributed by atoms with van der Waals surface area (Å²) in [5.41, 5.74) is 0.0157. The lowest BCUT2D eigenvalue weighted by Crippen LogP contribution is -2.40. The third-order valence-corrected chi connectivity index (χ3v) is 5.26. The molecule has 1 unspecified atom stereocenters. The van der Waals surface area contributed by atoms with Gasteiger partial charge < -0.3 is 10.2 Å². The number of carbonyl (C=O) groups excluding carboxylic acids is 1. The van der Waals surface area contributed by atoms with Crippen LogP contribution < -0.4 is 0 Å². The van der Waals surface area contributed by atoms with E-state index in [1.165, 1.54) is 6.42 Å². The molecular formula is C17H26O3. The van der Waals surface area contributed by atoms with Crippen molar-refractivity contribution in [2.75, 3.05) is 0 Å². The average molecular weight is 278 g/mol. The standard InChI is InChI=1S/C17H26O3/c1-3-8-17(9-5-10-17)16(20)7-4-6-13-12(2)14(18)11-15(13)19/h3-4,6,12-13,15-16,19-20H,1,5,7-11H2,2H3/t12-,13-,15-,16?/m1/s1. The molecule has 2 aliphatic carbocycles. The van der Waals surface area contributed by atoms with E-state index >= 15 is 0 Å². The van der Waals surface area contributed by atoms with Gasteiger partial charge in [-0.15, -0.1) is 6.58 Å². The van der Waals surface area contributed by atoms with Crippen molar-refractivity contribution in [3.05, 3.63) is 24.8 Å². The maximum absolute atomic E-state index is 11.5. The zero-order chi connectivity index (χ0) is 14.8. The Hall–Kier alpha value is -0.930. The summed E-state index contributed by atoms with van der Waals surface area (Å²) < 4.78 is 0. The van der Waals surface area contributed by atoms with Gasteiger partial charge in [-0.2, -0.15) is 0 Å². The summed E-state index contributed by atoms with van der Waals surface area (Å²) in [5.74, 6) is -0.0644. The van der Waals surface area contributed by atoms with E-state index in [1.54, 1.807) is 0 Å². The third kappa shape index (κ3) is 2.89. The van der Waals surface area contributed by atoms with E-state index in [1.807, 2.05) is 25.2 Å². The van der Waals surface area contributed by atoms with E-state index in [0.29, 0.717) is 6.42 Å². The Morgan fingerprint density at radius 1 is 1.50 bits per heavy atom. The predicted octanol–water partition coefficient (Wildman–Crippen LogP) is 2.63. The van der Waals surface area contributed by atoms with Crippen LogP contribution >= 0.6 is 0 Å². The molecule has 0 saturated heterocycles. The van der Waals surface area contributed by atoms with Crippen LogP contribution in [0.4, 0.5) is 0 Å². The first-order valence-electron chi connectivity index (χ1n) is 7.66. The monoisotopic (exact) mass is 278 g/mol. The van der Waals surface area contributed by atoms with E-state index in [4.69, 9.17) is 0 Å². The van der Waals surface area contributed by atoms with Crippen LogP contribution in [0.5, 0.6) is 0 Å². The van der Waals surface area contributed by atoms with Crippen LogP contribution in [0.1, 0.15) is 45.4 Å². The number of aliphatic hydroxyl groups is 2. The minimum atomic E-state index is -0.559. The van der Waals surface area contributed by atoms with Gasteiger partial charge in [-0.05, 0) is 25.7 Å². The Kier molecular flexibility index (Phi) is 4.82. The molecule has 2 N–H and O–H groups in total. The molecule has 2 saturated carbocycles. The van der Waals surface area contributed by atoms with Gasteiger partial charge in [0.15, 0.2) is 0 Å². The molecule has 0 heterocycles. The fraction of sp³-hybridized carbons (Fsp3) is 0.706. The summed E-state index contributed by atoms with van der Waals surface area (Å²) in [7, 11) is 0. The number of rotatable bonds is 6. The molecule has 3 nitrogen and oxygen atoms in total. The summed E-state index contributed by atoms with van der Waals surface area (Å²) in [6, 6.07) is 0. The van der Waals surface area contributed by atoms with Crippen molar-refractivity contribution in [3.63, 3.8) is 0 Å². The average Bonchev–Trinajstić information content (AvgIpc) is 2.60. The molecule has 0 aromatic rings. The second kappa shape index (κ2) is 6.23. The Bertz CT molecular complexity index is 395. The van der Waals surface area contributed by atoms with E-state index in [0.717, 1.165) is 19.3 Å². The first-order valence-corrected chi connectivity index (χ1v) is 7.66. The quantitative estimate of drug-likeness (QED) is 0.734. The number of ketones is 1. The van der Waals surface area contributed by atoms with Gasteiger partial charge >= 0.3 is 0 Å². The smallest absolute Gasteiger partial charge is 0.138 e. The molecule has 20 heavy (non-hydrogen) atoms. The summed E-state index contributed by atoms with van der Waals surface area (Å²) in [6.07, 6.45) is 9.88. The van der Waals surface area contributed by atoms with Crippen LogP contribution in [0.25, 0.3) is 0 Å². The zero-order valence-corrected chi connectivity index (χ0v) is 12.3. The van der Waals surface area contributed by atoms with Gasteiger partial charge in [0.25, 0.3) is 0 Å². The molecular weight excluding hydrogens is 252 g/mol. The highest BCUT2D eigenvalue weighted by Gasteiger charge is 2.42. The van der Waals surface area contributed by atoms with Gasteiger partial charge in [-0.3, -0.25) is 4.79 Å². The van der Waals surface area contributed by atoms with Crippen LogP contribution in [0.2, 0.25) is 0 Å². The number of allylic oxidation sites excluding steroid dienone is 1. The van der Waals surface area contributed by atoms with Crippen molar-refractivity contribution in [1.29, 1.82) is 0 Å². The second-order valence-corrected chi connectivity index (χ2v) is 6.49. The van der Waals surface area contributed by atoms with Gasteiger partial charge in [-0.25, -0.2) is 0 Å². The Balaban J connectivity index is 1.89. The summed E-state index contributed by atoms with van der Waals surface area (Å²) in [4.78, 5) is 11.5. The Morgan fingerprint density at radius 3 is 2.65 bits per heavy atom. The van der Waals surface area contributed by atoms with Crippen molar-refractivity contribution >= 4 is 5.78 Å². The number of hydrogen-bond acceptors (Lipinski definition) is 3. The normalized spacial score (nSPS) is 34.1.